The molecular weight excluding hydrogens is 232 g/mol. The maximum atomic E-state index is 5.98. The number of benzene rings is 1. The molecule has 1 saturated carbocycles. The predicted octanol–water partition coefficient (Wildman–Crippen LogP) is 3.74. The first-order valence-electron chi connectivity index (χ1n) is 7.84. The van der Waals surface area contributed by atoms with Crippen LogP contribution in [0.1, 0.15) is 50.7 Å². The number of aryl methyl sites for hydroxylation is 2. The molecule has 0 heterocycles. The fraction of sp³-hybridized carbons (Fsp3) is 0.647. The van der Waals surface area contributed by atoms with Crippen LogP contribution >= 0.6 is 0 Å². The average Bonchev–Trinajstić information content (AvgIpc) is 2.46. The van der Waals surface area contributed by atoms with E-state index in [0.717, 1.165) is 25.3 Å². The van der Waals surface area contributed by atoms with Gasteiger partial charge < -0.3 is 11.1 Å². The van der Waals surface area contributed by atoms with Crippen molar-refractivity contribution in [1.82, 2.24) is 0 Å². The van der Waals surface area contributed by atoms with Crippen molar-refractivity contribution in [2.24, 2.45) is 11.7 Å². The van der Waals surface area contributed by atoms with Crippen LogP contribution in [-0.4, -0.2) is 12.6 Å². The lowest BCUT2D eigenvalue weighted by Crippen LogP contribution is -2.29. The number of para-hydroxylation sites is 1. The third kappa shape index (κ3) is 3.73. The average molecular weight is 260 g/mol. The molecule has 106 valence electrons. The molecule has 0 radical (unpaired) electrons. The van der Waals surface area contributed by atoms with Crippen LogP contribution in [0.15, 0.2) is 18.2 Å². The first kappa shape index (κ1) is 14.4. The van der Waals surface area contributed by atoms with Crippen LogP contribution in [-0.2, 0) is 12.8 Å². The SMILES string of the molecule is CCc1cccc(CC)c1NCC1CCC(N)CC1. The zero-order valence-electron chi connectivity index (χ0n) is 12.4. The monoisotopic (exact) mass is 260 g/mol. The van der Waals surface area contributed by atoms with E-state index in [1.54, 1.807) is 0 Å². The van der Waals surface area contributed by atoms with E-state index in [9.17, 15) is 0 Å². The number of anilines is 1. The molecular formula is C17H28N2. The maximum Gasteiger partial charge on any atom is 0.0405 e. The third-order valence-corrected chi connectivity index (χ3v) is 4.46. The van der Waals surface area contributed by atoms with Gasteiger partial charge in [0.05, 0.1) is 0 Å². The standard InChI is InChI=1S/C17H28N2/c1-3-14-6-5-7-15(4-2)17(14)19-12-13-8-10-16(18)11-9-13/h5-7,13,16,19H,3-4,8-12,18H2,1-2H3. The highest BCUT2D eigenvalue weighted by Crippen LogP contribution is 2.26. The molecule has 3 N–H and O–H groups in total. The molecule has 1 aliphatic carbocycles. The van der Waals surface area contributed by atoms with Gasteiger partial charge in [0.2, 0.25) is 0 Å². The maximum absolute atomic E-state index is 5.98. The molecule has 2 heteroatoms. The summed E-state index contributed by atoms with van der Waals surface area (Å²) in [7, 11) is 0. The zero-order chi connectivity index (χ0) is 13.7. The van der Waals surface area contributed by atoms with Gasteiger partial charge in [0.25, 0.3) is 0 Å². The molecule has 0 saturated heterocycles. The second-order valence-electron chi connectivity index (χ2n) is 5.82. The highest BCUT2D eigenvalue weighted by molar-refractivity contribution is 5.57. The lowest BCUT2D eigenvalue weighted by Gasteiger charge is -2.27. The van der Waals surface area contributed by atoms with Crippen molar-refractivity contribution in [3.05, 3.63) is 29.3 Å². The first-order chi connectivity index (χ1) is 9.24. The van der Waals surface area contributed by atoms with Gasteiger partial charge in [-0.15, -0.1) is 0 Å². The number of nitrogens with one attached hydrogen (secondary N) is 1. The van der Waals surface area contributed by atoms with E-state index >= 15 is 0 Å². The highest BCUT2D eigenvalue weighted by Gasteiger charge is 2.18. The zero-order valence-corrected chi connectivity index (χ0v) is 12.4. The van der Waals surface area contributed by atoms with Crippen LogP contribution in [0.5, 0.6) is 0 Å². The van der Waals surface area contributed by atoms with Crippen molar-refractivity contribution in [3.8, 4) is 0 Å². The van der Waals surface area contributed by atoms with Gasteiger partial charge in [0, 0.05) is 18.3 Å². The van der Waals surface area contributed by atoms with Crippen LogP contribution in [0.3, 0.4) is 0 Å². The molecule has 0 aromatic heterocycles. The molecule has 0 spiro atoms. The van der Waals surface area contributed by atoms with Crippen molar-refractivity contribution in [1.29, 1.82) is 0 Å². The Morgan fingerprint density at radius 2 is 1.63 bits per heavy atom. The Labute approximate surface area is 117 Å². The topological polar surface area (TPSA) is 38.0 Å². The number of hydrogen-bond donors (Lipinski definition) is 2. The minimum Gasteiger partial charge on any atom is -0.384 e. The van der Waals surface area contributed by atoms with Gasteiger partial charge in [-0.05, 0) is 55.6 Å². The second-order valence-corrected chi connectivity index (χ2v) is 5.82. The first-order valence-corrected chi connectivity index (χ1v) is 7.84. The van der Waals surface area contributed by atoms with Gasteiger partial charge in [-0.2, -0.15) is 0 Å². The normalized spacial score (nSPS) is 23.3. The number of rotatable bonds is 5. The lowest BCUT2D eigenvalue weighted by molar-refractivity contribution is 0.338. The van der Waals surface area contributed by atoms with Gasteiger partial charge in [-0.25, -0.2) is 0 Å². The summed E-state index contributed by atoms with van der Waals surface area (Å²) in [6, 6.07) is 7.13. The largest absolute Gasteiger partial charge is 0.384 e. The predicted molar refractivity (Wildman–Crippen MR) is 83.6 cm³/mol. The van der Waals surface area contributed by atoms with E-state index in [4.69, 9.17) is 5.73 Å². The number of hydrogen-bond acceptors (Lipinski definition) is 2. The Balaban J connectivity index is 1.98. The third-order valence-electron chi connectivity index (χ3n) is 4.46. The van der Waals surface area contributed by atoms with E-state index in [-0.39, 0.29) is 0 Å². The summed E-state index contributed by atoms with van der Waals surface area (Å²) in [5.41, 5.74) is 10.3. The van der Waals surface area contributed by atoms with E-state index < -0.39 is 0 Å². The fourth-order valence-corrected chi connectivity index (χ4v) is 3.11. The molecule has 0 atom stereocenters. The molecule has 0 aliphatic heterocycles. The Bertz CT molecular complexity index is 370. The van der Waals surface area contributed by atoms with Gasteiger partial charge in [-0.1, -0.05) is 32.0 Å². The van der Waals surface area contributed by atoms with Gasteiger partial charge in [0.1, 0.15) is 0 Å². The summed E-state index contributed by atoms with van der Waals surface area (Å²) in [5, 5.41) is 3.73. The Kier molecular flexibility index (Phi) is 5.26. The molecule has 19 heavy (non-hydrogen) atoms. The van der Waals surface area contributed by atoms with Crippen molar-refractivity contribution >= 4 is 5.69 Å². The van der Waals surface area contributed by atoms with Crippen molar-refractivity contribution in [3.63, 3.8) is 0 Å². The summed E-state index contributed by atoms with van der Waals surface area (Å²) in [4.78, 5) is 0. The molecule has 1 fully saturated rings. The Morgan fingerprint density at radius 1 is 1.05 bits per heavy atom. The summed E-state index contributed by atoms with van der Waals surface area (Å²) >= 11 is 0. The van der Waals surface area contributed by atoms with Crippen LogP contribution in [0, 0.1) is 5.92 Å². The Hall–Kier alpha value is -1.02. The summed E-state index contributed by atoms with van der Waals surface area (Å²) in [6.07, 6.45) is 7.16. The van der Waals surface area contributed by atoms with Gasteiger partial charge in [0.15, 0.2) is 0 Å². The highest BCUT2D eigenvalue weighted by atomic mass is 14.9. The Morgan fingerprint density at radius 3 is 2.16 bits per heavy atom. The molecule has 0 bridgehead atoms. The van der Waals surface area contributed by atoms with Crippen LogP contribution in [0.25, 0.3) is 0 Å². The summed E-state index contributed by atoms with van der Waals surface area (Å²) < 4.78 is 0. The van der Waals surface area contributed by atoms with Gasteiger partial charge in [-0.3, -0.25) is 0 Å². The smallest absolute Gasteiger partial charge is 0.0405 e. The van der Waals surface area contributed by atoms with Crippen molar-refractivity contribution in [2.45, 2.75) is 58.4 Å². The molecule has 0 amide bonds. The van der Waals surface area contributed by atoms with Crippen molar-refractivity contribution in [2.75, 3.05) is 11.9 Å². The molecule has 2 nitrogen and oxygen atoms in total. The van der Waals surface area contributed by atoms with Crippen LogP contribution in [0.4, 0.5) is 5.69 Å². The second kappa shape index (κ2) is 6.95. The number of nitrogens with two attached hydrogens (primary N) is 1. The van der Waals surface area contributed by atoms with Crippen molar-refractivity contribution < 1.29 is 0 Å². The minimum absolute atomic E-state index is 0.449. The van der Waals surface area contributed by atoms with Crippen LogP contribution in [0.2, 0.25) is 0 Å². The molecule has 2 rings (SSSR count). The molecule has 1 aliphatic rings. The molecule has 1 aromatic rings. The van der Waals surface area contributed by atoms with Gasteiger partial charge >= 0.3 is 0 Å². The van der Waals surface area contributed by atoms with E-state index in [1.807, 2.05) is 0 Å². The fourth-order valence-electron chi connectivity index (χ4n) is 3.11. The summed E-state index contributed by atoms with van der Waals surface area (Å²) in [6.45, 7) is 5.58. The molecule has 1 aromatic carbocycles. The van der Waals surface area contributed by atoms with E-state index in [2.05, 4.69) is 37.4 Å². The van der Waals surface area contributed by atoms with Crippen LogP contribution < -0.4 is 11.1 Å². The lowest BCUT2D eigenvalue weighted by atomic mass is 9.86. The van der Waals surface area contributed by atoms with E-state index in [0.29, 0.717) is 6.04 Å². The summed E-state index contributed by atoms with van der Waals surface area (Å²) in [5.74, 6) is 0.800. The molecule has 0 unspecified atom stereocenters. The quantitative estimate of drug-likeness (QED) is 0.846. The van der Waals surface area contributed by atoms with E-state index in [1.165, 1.54) is 42.5 Å². The minimum atomic E-state index is 0.449.